The van der Waals surface area contributed by atoms with E-state index in [2.05, 4.69) is 19.3 Å². The summed E-state index contributed by atoms with van der Waals surface area (Å²) in [6, 6.07) is 0.577. The van der Waals surface area contributed by atoms with Gasteiger partial charge in [0.25, 0.3) is 0 Å². The van der Waals surface area contributed by atoms with Crippen LogP contribution in [0.3, 0.4) is 0 Å². The van der Waals surface area contributed by atoms with E-state index in [0.29, 0.717) is 6.04 Å². The SMILES string of the molecule is CC[C@H](C)[C@@H]1CCCC[C@H]1NN. The molecule has 3 N–H and O–H groups in total. The molecule has 0 saturated heterocycles. The third kappa shape index (κ3) is 2.20. The zero-order valence-electron chi connectivity index (χ0n) is 8.34. The molecule has 0 aromatic heterocycles. The second-order valence-corrected chi connectivity index (χ2v) is 4.11. The van der Waals surface area contributed by atoms with Gasteiger partial charge in [-0.25, -0.2) is 0 Å². The molecule has 3 atom stereocenters. The molecule has 12 heavy (non-hydrogen) atoms. The summed E-state index contributed by atoms with van der Waals surface area (Å²) in [4.78, 5) is 0. The predicted molar refractivity (Wildman–Crippen MR) is 52.5 cm³/mol. The van der Waals surface area contributed by atoms with Crippen LogP contribution in [-0.2, 0) is 0 Å². The highest BCUT2D eigenvalue weighted by molar-refractivity contribution is 4.82. The van der Waals surface area contributed by atoms with Gasteiger partial charge in [-0.2, -0.15) is 0 Å². The highest BCUT2D eigenvalue weighted by Crippen LogP contribution is 2.31. The van der Waals surface area contributed by atoms with E-state index in [1.54, 1.807) is 0 Å². The Hall–Kier alpha value is -0.0800. The third-order valence-electron chi connectivity index (χ3n) is 3.41. The molecule has 1 aliphatic rings. The molecular weight excluding hydrogens is 148 g/mol. The Labute approximate surface area is 75.9 Å². The van der Waals surface area contributed by atoms with Crippen LogP contribution in [0.2, 0.25) is 0 Å². The lowest BCUT2D eigenvalue weighted by Gasteiger charge is -2.34. The van der Waals surface area contributed by atoms with Crippen molar-refractivity contribution in [1.82, 2.24) is 5.43 Å². The molecule has 0 amide bonds. The molecule has 0 heterocycles. The van der Waals surface area contributed by atoms with Crippen molar-refractivity contribution >= 4 is 0 Å². The molecule has 0 bridgehead atoms. The molecule has 1 saturated carbocycles. The monoisotopic (exact) mass is 170 g/mol. The van der Waals surface area contributed by atoms with Crippen LogP contribution in [0.4, 0.5) is 0 Å². The van der Waals surface area contributed by atoms with E-state index in [1.807, 2.05) is 0 Å². The normalized spacial score (nSPS) is 33.2. The smallest absolute Gasteiger partial charge is 0.0241 e. The number of rotatable bonds is 3. The van der Waals surface area contributed by atoms with Crippen molar-refractivity contribution in [3.05, 3.63) is 0 Å². The summed E-state index contributed by atoms with van der Waals surface area (Å²) in [6.07, 6.45) is 6.66. The summed E-state index contributed by atoms with van der Waals surface area (Å²) in [5.41, 5.74) is 2.97. The lowest BCUT2D eigenvalue weighted by molar-refractivity contribution is 0.193. The molecule has 2 heteroatoms. The van der Waals surface area contributed by atoms with Gasteiger partial charge in [0.15, 0.2) is 0 Å². The van der Waals surface area contributed by atoms with Gasteiger partial charge in [0, 0.05) is 6.04 Å². The number of nitrogens with two attached hydrogens (primary N) is 1. The number of hydrazine groups is 1. The third-order valence-corrected chi connectivity index (χ3v) is 3.41. The first-order valence-electron chi connectivity index (χ1n) is 5.25. The molecule has 1 rings (SSSR count). The van der Waals surface area contributed by atoms with Crippen LogP contribution in [0, 0.1) is 11.8 Å². The Bertz CT molecular complexity index is 125. The molecule has 72 valence electrons. The molecule has 1 aliphatic carbocycles. The fourth-order valence-electron chi connectivity index (χ4n) is 2.35. The van der Waals surface area contributed by atoms with Gasteiger partial charge in [0.05, 0.1) is 0 Å². The van der Waals surface area contributed by atoms with Crippen molar-refractivity contribution in [2.24, 2.45) is 17.7 Å². The van der Waals surface area contributed by atoms with Crippen LogP contribution in [0.15, 0.2) is 0 Å². The minimum absolute atomic E-state index is 0.577. The average Bonchev–Trinajstić information content (AvgIpc) is 2.16. The zero-order chi connectivity index (χ0) is 8.97. The number of nitrogens with one attached hydrogen (secondary N) is 1. The van der Waals surface area contributed by atoms with Gasteiger partial charge < -0.3 is 0 Å². The van der Waals surface area contributed by atoms with E-state index in [9.17, 15) is 0 Å². The van der Waals surface area contributed by atoms with Crippen molar-refractivity contribution in [3.8, 4) is 0 Å². The van der Waals surface area contributed by atoms with Crippen LogP contribution >= 0.6 is 0 Å². The molecule has 0 aliphatic heterocycles. The minimum Gasteiger partial charge on any atom is -0.271 e. The van der Waals surface area contributed by atoms with Crippen molar-refractivity contribution in [3.63, 3.8) is 0 Å². The molecule has 2 nitrogen and oxygen atoms in total. The summed E-state index contributed by atoms with van der Waals surface area (Å²) in [6.45, 7) is 4.62. The Balaban J connectivity index is 2.46. The molecule has 0 aromatic rings. The fourth-order valence-corrected chi connectivity index (χ4v) is 2.35. The second-order valence-electron chi connectivity index (χ2n) is 4.11. The zero-order valence-corrected chi connectivity index (χ0v) is 8.34. The van der Waals surface area contributed by atoms with Crippen LogP contribution < -0.4 is 11.3 Å². The fraction of sp³-hybridized carbons (Fsp3) is 1.00. The van der Waals surface area contributed by atoms with Gasteiger partial charge in [-0.1, -0.05) is 33.1 Å². The van der Waals surface area contributed by atoms with Gasteiger partial charge in [-0.05, 0) is 24.7 Å². The Morgan fingerprint density at radius 1 is 1.42 bits per heavy atom. The predicted octanol–water partition coefficient (Wildman–Crippen LogP) is 2.05. The minimum atomic E-state index is 0.577. The van der Waals surface area contributed by atoms with Crippen LogP contribution in [0.1, 0.15) is 46.0 Å². The van der Waals surface area contributed by atoms with Crippen molar-refractivity contribution in [2.45, 2.75) is 52.0 Å². The number of hydrogen-bond donors (Lipinski definition) is 2. The maximum atomic E-state index is 5.54. The van der Waals surface area contributed by atoms with Gasteiger partial charge in [-0.3, -0.25) is 11.3 Å². The maximum Gasteiger partial charge on any atom is 0.0241 e. The topological polar surface area (TPSA) is 38.0 Å². The van der Waals surface area contributed by atoms with Crippen LogP contribution in [0.5, 0.6) is 0 Å². The van der Waals surface area contributed by atoms with E-state index in [1.165, 1.54) is 32.1 Å². The second kappa shape index (κ2) is 4.83. The molecule has 1 fully saturated rings. The Morgan fingerprint density at radius 3 is 2.67 bits per heavy atom. The lowest BCUT2D eigenvalue weighted by Crippen LogP contribution is -2.44. The summed E-state index contributed by atoms with van der Waals surface area (Å²) in [7, 11) is 0. The van der Waals surface area contributed by atoms with Crippen LogP contribution in [0.25, 0.3) is 0 Å². The van der Waals surface area contributed by atoms with E-state index < -0.39 is 0 Å². The summed E-state index contributed by atoms with van der Waals surface area (Å²) in [5, 5.41) is 0. The van der Waals surface area contributed by atoms with Gasteiger partial charge in [0.1, 0.15) is 0 Å². The Morgan fingerprint density at radius 2 is 2.08 bits per heavy atom. The quantitative estimate of drug-likeness (QED) is 0.502. The molecule has 0 aromatic carbocycles. The first kappa shape index (κ1) is 10.0. The summed E-state index contributed by atoms with van der Waals surface area (Å²) < 4.78 is 0. The van der Waals surface area contributed by atoms with E-state index >= 15 is 0 Å². The molecule has 0 spiro atoms. The summed E-state index contributed by atoms with van der Waals surface area (Å²) in [5.74, 6) is 7.18. The standard InChI is InChI=1S/C10H22N2/c1-3-8(2)9-6-4-5-7-10(9)12-11/h8-10,12H,3-7,11H2,1-2H3/t8-,9-,10+/m0/s1. The highest BCUT2D eigenvalue weighted by Gasteiger charge is 2.27. The molecule has 0 unspecified atom stereocenters. The van der Waals surface area contributed by atoms with Crippen molar-refractivity contribution < 1.29 is 0 Å². The average molecular weight is 170 g/mol. The van der Waals surface area contributed by atoms with Crippen molar-refractivity contribution in [2.75, 3.05) is 0 Å². The highest BCUT2D eigenvalue weighted by atomic mass is 15.2. The first-order valence-corrected chi connectivity index (χ1v) is 5.25. The lowest BCUT2D eigenvalue weighted by atomic mass is 9.76. The van der Waals surface area contributed by atoms with Gasteiger partial charge >= 0.3 is 0 Å². The van der Waals surface area contributed by atoms with Crippen molar-refractivity contribution in [1.29, 1.82) is 0 Å². The van der Waals surface area contributed by atoms with Gasteiger partial charge in [-0.15, -0.1) is 0 Å². The first-order chi connectivity index (χ1) is 5.79. The molecular formula is C10H22N2. The molecule has 0 radical (unpaired) electrons. The largest absolute Gasteiger partial charge is 0.271 e. The van der Waals surface area contributed by atoms with Gasteiger partial charge in [0.2, 0.25) is 0 Å². The van der Waals surface area contributed by atoms with E-state index in [-0.39, 0.29) is 0 Å². The van der Waals surface area contributed by atoms with Crippen LogP contribution in [-0.4, -0.2) is 6.04 Å². The Kier molecular flexibility index (Phi) is 4.02. The van der Waals surface area contributed by atoms with E-state index in [0.717, 1.165) is 11.8 Å². The summed E-state index contributed by atoms with van der Waals surface area (Å²) >= 11 is 0. The number of hydrogen-bond acceptors (Lipinski definition) is 2. The van der Waals surface area contributed by atoms with E-state index in [4.69, 9.17) is 5.84 Å². The maximum absolute atomic E-state index is 5.54.